The van der Waals surface area contributed by atoms with Gasteiger partial charge in [0.1, 0.15) is 0 Å². The quantitative estimate of drug-likeness (QED) is 0.400. The molecule has 0 aliphatic carbocycles. The van der Waals surface area contributed by atoms with E-state index in [1.54, 1.807) is 24.3 Å². The zero-order chi connectivity index (χ0) is 24.3. The van der Waals surface area contributed by atoms with Crippen LogP contribution < -0.4 is 5.32 Å². The lowest BCUT2D eigenvalue weighted by Gasteiger charge is -2.15. The number of benzene rings is 2. The molecular weight excluding hydrogens is 512 g/mol. The standard InChI is InChI=1S/C22H19Cl2F3N4O2S/c23-14-4-1-3-13(9-14)20-29-30-21(34-12-19(32)28-11-16-5-2-8-33-16)31(20)15-6-7-18(24)17(10-15)22(25,26)27/h1,3-4,6-7,9-10,16H,2,5,8,11-12H2,(H,28,32)/t16-/m1/s1. The Labute approximate surface area is 207 Å². The van der Waals surface area contributed by atoms with Crippen molar-refractivity contribution in [1.82, 2.24) is 20.1 Å². The van der Waals surface area contributed by atoms with E-state index < -0.39 is 16.8 Å². The van der Waals surface area contributed by atoms with Crippen molar-refractivity contribution in [2.45, 2.75) is 30.3 Å². The summed E-state index contributed by atoms with van der Waals surface area (Å²) in [5.41, 5.74) is -0.278. The summed E-state index contributed by atoms with van der Waals surface area (Å²) in [4.78, 5) is 12.3. The maximum atomic E-state index is 13.5. The lowest BCUT2D eigenvalue weighted by Crippen LogP contribution is -2.32. The summed E-state index contributed by atoms with van der Waals surface area (Å²) in [7, 11) is 0. The molecule has 34 heavy (non-hydrogen) atoms. The van der Waals surface area contributed by atoms with Gasteiger partial charge in [-0.1, -0.05) is 47.1 Å². The third kappa shape index (κ3) is 5.86. The van der Waals surface area contributed by atoms with Crippen molar-refractivity contribution in [3.8, 4) is 17.1 Å². The molecule has 0 saturated carbocycles. The summed E-state index contributed by atoms with van der Waals surface area (Å²) in [5, 5.41) is 11.4. The summed E-state index contributed by atoms with van der Waals surface area (Å²) in [5.74, 6) is 0.0341. The molecule has 0 bridgehead atoms. The molecule has 2 heterocycles. The number of alkyl halides is 3. The zero-order valence-electron chi connectivity index (χ0n) is 17.6. The topological polar surface area (TPSA) is 69.0 Å². The van der Waals surface area contributed by atoms with Gasteiger partial charge < -0.3 is 10.1 Å². The fraction of sp³-hybridized carbons (Fsp3) is 0.318. The number of carbonyl (C=O) groups is 1. The van der Waals surface area contributed by atoms with Crippen molar-refractivity contribution in [3.05, 3.63) is 58.1 Å². The largest absolute Gasteiger partial charge is 0.417 e. The molecule has 12 heteroatoms. The van der Waals surface area contributed by atoms with E-state index in [-0.39, 0.29) is 34.4 Å². The molecule has 1 saturated heterocycles. The summed E-state index contributed by atoms with van der Waals surface area (Å²) in [6.45, 7) is 1.09. The summed E-state index contributed by atoms with van der Waals surface area (Å²) < 4.78 is 47.5. The van der Waals surface area contributed by atoms with Crippen molar-refractivity contribution >= 4 is 40.9 Å². The molecule has 1 fully saturated rings. The number of hydrogen-bond acceptors (Lipinski definition) is 5. The smallest absolute Gasteiger partial charge is 0.376 e. The number of ether oxygens (including phenoxy) is 1. The molecule has 4 rings (SSSR count). The molecule has 3 aromatic rings. The van der Waals surface area contributed by atoms with Crippen LogP contribution in [-0.4, -0.2) is 45.7 Å². The second-order valence-electron chi connectivity index (χ2n) is 7.54. The Morgan fingerprint density at radius 2 is 2.03 bits per heavy atom. The van der Waals surface area contributed by atoms with E-state index in [9.17, 15) is 18.0 Å². The van der Waals surface area contributed by atoms with Gasteiger partial charge in [-0.15, -0.1) is 10.2 Å². The van der Waals surface area contributed by atoms with Crippen LogP contribution in [0, 0.1) is 0 Å². The minimum Gasteiger partial charge on any atom is -0.376 e. The number of amides is 1. The zero-order valence-corrected chi connectivity index (χ0v) is 19.9. The second-order valence-corrected chi connectivity index (χ2v) is 9.33. The molecule has 2 aromatic carbocycles. The number of hydrogen-bond donors (Lipinski definition) is 1. The number of carbonyl (C=O) groups excluding carboxylic acids is 1. The van der Waals surface area contributed by atoms with Crippen LogP contribution >= 0.6 is 35.0 Å². The van der Waals surface area contributed by atoms with Crippen LogP contribution in [0.15, 0.2) is 47.6 Å². The Hall–Kier alpha value is -2.27. The highest BCUT2D eigenvalue weighted by atomic mass is 35.5. The number of rotatable bonds is 7. The van der Waals surface area contributed by atoms with E-state index >= 15 is 0 Å². The highest BCUT2D eigenvalue weighted by Crippen LogP contribution is 2.37. The molecule has 0 spiro atoms. The Kier molecular flexibility index (Phi) is 7.71. The summed E-state index contributed by atoms with van der Waals surface area (Å²) >= 11 is 13.0. The van der Waals surface area contributed by atoms with E-state index in [1.165, 1.54) is 16.7 Å². The number of aromatic nitrogens is 3. The first kappa shape index (κ1) is 24.8. The summed E-state index contributed by atoms with van der Waals surface area (Å²) in [6, 6.07) is 10.3. The predicted octanol–water partition coefficient (Wildman–Crippen LogP) is 5.65. The average Bonchev–Trinajstić information content (AvgIpc) is 3.46. The van der Waals surface area contributed by atoms with E-state index in [1.807, 2.05) is 0 Å². The molecule has 1 aliphatic heterocycles. The number of nitrogens with one attached hydrogen (secondary N) is 1. The second kappa shape index (κ2) is 10.6. The Morgan fingerprint density at radius 1 is 1.21 bits per heavy atom. The van der Waals surface area contributed by atoms with E-state index in [0.29, 0.717) is 23.7 Å². The fourth-order valence-electron chi connectivity index (χ4n) is 3.49. The average molecular weight is 531 g/mol. The molecule has 6 nitrogen and oxygen atoms in total. The predicted molar refractivity (Wildman–Crippen MR) is 125 cm³/mol. The summed E-state index contributed by atoms with van der Waals surface area (Å²) in [6.07, 6.45) is -2.79. The van der Waals surface area contributed by atoms with Crippen LogP contribution in [0.1, 0.15) is 18.4 Å². The van der Waals surface area contributed by atoms with Gasteiger partial charge in [-0.05, 0) is 43.2 Å². The maximum Gasteiger partial charge on any atom is 0.417 e. The molecule has 0 unspecified atom stereocenters. The van der Waals surface area contributed by atoms with Gasteiger partial charge >= 0.3 is 6.18 Å². The molecule has 1 aromatic heterocycles. The van der Waals surface area contributed by atoms with E-state index in [0.717, 1.165) is 30.7 Å². The van der Waals surface area contributed by atoms with Crippen LogP contribution in [0.2, 0.25) is 10.0 Å². The first-order valence-electron chi connectivity index (χ1n) is 10.3. The first-order valence-corrected chi connectivity index (χ1v) is 12.1. The lowest BCUT2D eigenvalue weighted by atomic mass is 10.1. The van der Waals surface area contributed by atoms with Gasteiger partial charge in [0.15, 0.2) is 11.0 Å². The normalized spacial score (nSPS) is 16.1. The number of nitrogens with zero attached hydrogens (tertiary/aromatic N) is 3. The van der Waals surface area contributed by atoms with Crippen molar-refractivity contribution in [2.24, 2.45) is 0 Å². The van der Waals surface area contributed by atoms with Crippen LogP contribution in [0.3, 0.4) is 0 Å². The van der Waals surface area contributed by atoms with Crippen molar-refractivity contribution in [1.29, 1.82) is 0 Å². The number of halogens is 5. The minimum atomic E-state index is -4.65. The lowest BCUT2D eigenvalue weighted by molar-refractivity contribution is -0.137. The van der Waals surface area contributed by atoms with Gasteiger partial charge in [0.25, 0.3) is 0 Å². The van der Waals surface area contributed by atoms with Gasteiger partial charge in [0, 0.05) is 23.7 Å². The third-order valence-electron chi connectivity index (χ3n) is 5.11. The molecule has 0 radical (unpaired) electrons. The monoisotopic (exact) mass is 530 g/mol. The van der Waals surface area contributed by atoms with Crippen LogP contribution in [0.5, 0.6) is 0 Å². The Bertz CT molecular complexity index is 1180. The Balaban J connectivity index is 1.64. The number of thioether (sulfide) groups is 1. The SMILES string of the molecule is O=C(CSc1nnc(-c2cccc(Cl)c2)n1-c1ccc(Cl)c(C(F)(F)F)c1)NC[C@H]1CCCO1. The van der Waals surface area contributed by atoms with E-state index in [4.69, 9.17) is 27.9 Å². The first-order chi connectivity index (χ1) is 16.2. The molecule has 1 amide bonds. The van der Waals surface area contributed by atoms with Gasteiger partial charge in [-0.25, -0.2) is 0 Å². The van der Waals surface area contributed by atoms with Gasteiger partial charge in [0.05, 0.1) is 28.1 Å². The minimum absolute atomic E-state index is 0.000116. The molecule has 1 aliphatic rings. The van der Waals surface area contributed by atoms with Crippen molar-refractivity contribution < 1.29 is 22.7 Å². The van der Waals surface area contributed by atoms with Gasteiger partial charge in [-0.3, -0.25) is 9.36 Å². The third-order valence-corrected chi connectivity index (χ3v) is 6.61. The highest BCUT2D eigenvalue weighted by molar-refractivity contribution is 7.99. The van der Waals surface area contributed by atoms with Crippen LogP contribution in [-0.2, 0) is 15.7 Å². The molecule has 1 atom stereocenters. The van der Waals surface area contributed by atoms with Crippen LogP contribution in [0.4, 0.5) is 13.2 Å². The fourth-order valence-corrected chi connectivity index (χ4v) is 4.69. The van der Waals surface area contributed by atoms with Gasteiger partial charge in [0.2, 0.25) is 5.91 Å². The molecule has 1 N–H and O–H groups in total. The van der Waals surface area contributed by atoms with Crippen LogP contribution in [0.25, 0.3) is 17.1 Å². The van der Waals surface area contributed by atoms with Crippen molar-refractivity contribution in [3.63, 3.8) is 0 Å². The maximum absolute atomic E-state index is 13.5. The van der Waals surface area contributed by atoms with E-state index in [2.05, 4.69) is 15.5 Å². The van der Waals surface area contributed by atoms with Crippen molar-refractivity contribution in [2.75, 3.05) is 18.9 Å². The molecule has 180 valence electrons. The highest BCUT2D eigenvalue weighted by Gasteiger charge is 2.34. The Morgan fingerprint density at radius 3 is 2.74 bits per heavy atom. The molecular formula is C22H19Cl2F3N4O2S. The van der Waals surface area contributed by atoms with Gasteiger partial charge in [-0.2, -0.15) is 13.2 Å².